The molecule has 9 heteroatoms. The minimum absolute atomic E-state index is 0.223. The van der Waals surface area contributed by atoms with Crippen LogP contribution in [-0.2, 0) is 9.53 Å². The Kier molecular flexibility index (Phi) is 41.4. The van der Waals surface area contributed by atoms with Crippen molar-refractivity contribution < 1.29 is 40.2 Å². The van der Waals surface area contributed by atoms with Crippen LogP contribution in [0.3, 0.4) is 0 Å². The molecular weight excluding hydrogens is 791 g/mol. The Bertz CT molecular complexity index is 1010. The van der Waals surface area contributed by atoms with Crippen molar-refractivity contribution >= 4 is 5.91 Å². The van der Waals surface area contributed by atoms with Crippen LogP contribution in [0.1, 0.15) is 271 Å². The fraction of sp³-hybridized carbons (Fsp3) is 0.944. The highest BCUT2D eigenvalue weighted by molar-refractivity contribution is 5.76. The average molecular weight is 896 g/mol. The molecule has 1 saturated heterocycles. The van der Waals surface area contributed by atoms with E-state index in [0.717, 1.165) is 38.5 Å². The van der Waals surface area contributed by atoms with Crippen molar-refractivity contribution in [1.82, 2.24) is 5.32 Å². The van der Waals surface area contributed by atoms with E-state index in [1.807, 2.05) is 0 Å². The molecule has 0 spiro atoms. The number of amides is 1. The standard InChI is InChI=1S/C54H105NO8/c1-3-5-7-9-11-13-15-17-18-19-20-21-22-23-24-25-26-27-28-29-30-32-34-36-38-40-42-50(58)55-46(43-44-48-52(60)54(62)53(61)49(45-56)63-48)51(59)47(57)41-39-37-35-33-31-16-14-12-10-8-6-4-2/h43-44,46-49,51-54,56-57,59-62H,3-42,45H2,1-2H3,(H,55,58)/b44-43+/t46-,47+,48+,49?,51-,52+,53-,54?/m0/s1. The van der Waals surface area contributed by atoms with Gasteiger partial charge in [-0.3, -0.25) is 4.79 Å². The number of rotatable bonds is 46. The number of unbranched alkanes of at least 4 members (excludes halogenated alkanes) is 36. The first kappa shape index (κ1) is 59.9. The Morgan fingerprint density at radius 1 is 0.492 bits per heavy atom. The number of aliphatic hydroxyl groups is 6. The molecule has 1 amide bonds. The van der Waals surface area contributed by atoms with Gasteiger partial charge in [0.05, 0.1) is 18.8 Å². The average Bonchev–Trinajstić information content (AvgIpc) is 3.28. The summed E-state index contributed by atoms with van der Waals surface area (Å²) in [6.07, 6.45) is 43.7. The molecule has 1 aliphatic heterocycles. The molecule has 1 aliphatic rings. The van der Waals surface area contributed by atoms with E-state index < -0.39 is 55.4 Å². The van der Waals surface area contributed by atoms with Gasteiger partial charge in [0.15, 0.2) is 0 Å². The summed E-state index contributed by atoms with van der Waals surface area (Å²) in [7, 11) is 0. The molecule has 0 radical (unpaired) electrons. The lowest BCUT2D eigenvalue weighted by Gasteiger charge is -2.39. The van der Waals surface area contributed by atoms with Crippen LogP contribution < -0.4 is 5.32 Å². The van der Waals surface area contributed by atoms with E-state index in [1.54, 1.807) is 0 Å². The Balaban J connectivity index is 2.23. The van der Waals surface area contributed by atoms with Crippen molar-refractivity contribution in [3.05, 3.63) is 12.2 Å². The minimum Gasteiger partial charge on any atom is -0.394 e. The summed E-state index contributed by atoms with van der Waals surface area (Å²) >= 11 is 0. The van der Waals surface area contributed by atoms with Crippen molar-refractivity contribution in [3.8, 4) is 0 Å². The summed E-state index contributed by atoms with van der Waals surface area (Å²) < 4.78 is 5.61. The van der Waals surface area contributed by atoms with Gasteiger partial charge in [-0.05, 0) is 12.8 Å². The molecule has 0 aromatic carbocycles. The molecule has 7 N–H and O–H groups in total. The molecule has 9 nitrogen and oxygen atoms in total. The van der Waals surface area contributed by atoms with Crippen LogP contribution >= 0.6 is 0 Å². The van der Waals surface area contributed by atoms with Crippen molar-refractivity contribution in [2.45, 2.75) is 319 Å². The van der Waals surface area contributed by atoms with Gasteiger partial charge in [-0.2, -0.15) is 0 Å². The van der Waals surface area contributed by atoms with Crippen molar-refractivity contribution in [1.29, 1.82) is 0 Å². The second-order valence-electron chi connectivity index (χ2n) is 19.6. The quantitative estimate of drug-likeness (QED) is 0.0235. The van der Waals surface area contributed by atoms with E-state index in [-0.39, 0.29) is 5.91 Å². The van der Waals surface area contributed by atoms with Crippen molar-refractivity contribution in [2.24, 2.45) is 0 Å². The lowest BCUT2D eigenvalue weighted by atomic mass is 9.93. The lowest BCUT2D eigenvalue weighted by molar-refractivity contribution is -0.216. The van der Waals surface area contributed by atoms with Crippen LogP contribution in [0.5, 0.6) is 0 Å². The molecule has 0 saturated carbocycles. The Morgan fingerprint density at radius 2 is 0.825 bits per heavy atom. The maximum Gasteiger partial charge on any atom is 0.220 e. The van der Waals surface area contributed by atoms with Crippen LogP contribution in [-0.4, -0.2) is 91.9 Å². The smallest absolute Gasteiger partial charge is 0.220 e. The molecule has 0 aromatic heterocycles. The molecule has 2 unspecified atom stereocenters. The third kappa shape index (κ3) is 33.1. The Labute approximate surface area is 388 Å². The summed E-state index contributed by atoms with van der Waals surface area (Å²) in [6.45, 7) is 3.99. The zero-order valence-electron chi connectivity index (χ0n) is 41.3. The van der Waals surface area contributed by atoms with Crippen molar-refractivity contribution in [2.75, 3.05) is 6.61 Å². The highest BCUT2D eigenvalue weighted by Gasteiger charge is 2.42. The third-order valence-electron chi connectivity index (χ3n) is 13.6. The summed E-state index contributed by atoms with van der Waals surface area (Å²) in [4.78, 5) is 13.1. The molecule has 1 heterocycles. The third-order valence-corrected chi connectivity index (χ3v) is 13.6. The first-order valence-corrected chi connectivity index (χ1v) is 27.4. The Hall–Kier alpha value is -1.07. The van der Waals surface area contributed by atoms with E-state index >= 15 is 0 Å². The minimum atomic E-state index is -1.53. The molecule has 63 heavy (non-hydrogen) atoms. The van der Waals surface area contributed by atoms with Crippen LogP contribution in [0.2, 0.25) is 0 Å². The number of hydrogen-bond acceptors (Lipinski definition) is 8. The summed E-state index contributed by atoms with van der Waals surface area (Å²) in [5.74, 6) is -0.223. The van der Waals surface area contributed by atoms with Gasteiger partial charge in [-0.15, -0.1) is 0 Å². The summed E-state index contributed by atoms with van der Waals surface area (Å²) in [5.41, 5.74) is 0. The number of aliphatic hydroxyl groups excluding tert-OH is 6. The first-order valence-electron chi connectivity index (χ1n) is 27.4. The summed E-state index contributed by atoms with van der Waals surface area (Å²) in [5, 5.41) is 65.6. The SMILES string of the molecule is CCCCCCCCCCCCCCCCCCCCCCCCCCCCC(=O)N[C@@H](/C=C/[C@H]1OC(CO)[C@H](O)C(O)[C@@H]1O)[C@H](O)[C@H](O)CCCCCCCCCCCCCC. The zero-order chi connectivity index (χ0) is 46.0. The highest BCUT2D eigenvalue weighted by atomic mass is 16.5. The molecule has 0 bridgehead atoms. The number of carbonyl (C=O) groups is 1. The van der Waals surface area contributed by atoms with Gasteiger partial charge in [0.1, 0.15) is 36.6 Å². The zero-order valence-corrected chi connectivity index (χ0v) is 41.3. The van der Waals surface area contributed by atoms with E-state index in [4.69, 9.17) is 4.74 Å². The Morgan fingerprint density at radius 3 is 1.17 bits per heavy atom. The normalized spacial score (nSPS) is 20.7. The van der Waals surface area contributed by atoms with Crippen LogP contribution in [0.15, 0.2) is 12.2 Å². The molecule has 1 fully saturated rings. The van der Waals surface area contributed by atoms with E-state index in [1.165, 1.54) is 218 Å². The second kappa shape index (κ2) is 43.5. The second-order valence-corrected chi connectivity index (χ2v) is 19.6. The van der Waals surface area contributed by atoms with Gasteiger partial charge in [0, 0.05) is 6.42 Å². The topological polar surface area (TPSA) is 160 Å². The van der Waals surface area contributed by atoms with Crippen LogP contribution in [0.25, 0.3) is 0 Å². The van der Waals surface area contributed by atoms with E-state index in [0.29, 0.717) is 12.8 Å². The first-order chi connectivity index (χ1) is 30.8. The van der Waals surface area contributed by atoms with Crippen LogP contribution in [0.4, 0.5) is 0 Å². The predicted molar refractivity (Wildman–Crippen MR) is 263 cm³/mol. The van der Waals surface area contributed by atoms with Crippen molar-refractivity contribution in [3.63, 3.8) is 0 Å². The van der Waals surface area contributed by atoms with E-state index in [9.17, 15) is 35.4 Å². The van der Waals surface area contributed by atoms with E-state index in [2.05, 4.69) is 19.2 Å². The maximum absolute atomic E-state index is 13.1. The lowest BCUT2D eigenvalue weighted by Crippen LogP contribution is -2.58. The number of carbonyl (C=O) groups excluding carboxylic acids is 1. The van der Waals surface area contributed by atoms with Crippen LogP contribution in [0, 0.1) is 0 Å². The fourth-order valence-electron chi connectivity index (χ4n) is 9.23. The van der Waals surface area contributed by atoms with Gasteiger partial charge in [-0.25, -0.2) is 0 Å². The molecule has 374 valence electrons. The number of hydrogen-bond donors (Lipinski definition) is 7. The fourth-order valence-corrected chi connectivity index (χ4v) is 9.23. The maximum atomic E-state index is 13.1. The molecular formula is C54H105NO8. The molecule has 0 aromatic rings. The molecule has 8 atom stereocenters. The number of nitrogens with one attached hydrogen (secondary N) is 1. The van der Waals surface area contributed by atoms with Gasteiger partial charge in [0.25, 0.3) is 0 Å². The van der Waals surface area contributed by atoms with Gasteiger partial charge in [-0.1, -0.05) is 264 Å². The highest BCUT2D eigenvalue weighted by Crippen LogP contribution is 2.23. The molecule has 1 rings (SSSR count). The van der Waals surface area contributed by atoms with Gasteiger partial charge < -0.3 is 40.7 Å². The van der Waals surface area contributed by atoms with Gasteiger partial charge in [0.2, 0.25) is 5.91 Å². The predicted octanol–water partition coefficient (Wildman–Crippen LogP) is 12.2. The summed E-state index contributed by atoms with van der Waals surface area (Å²) in [6, 6.07) is -0.943. The molecule has 0 aliphatic carbocycles. The number of ether oxygens (including phenoxy) is 1. The van der Waals surface area contributed by atoms with Gasteiger partial charge >= 0.3 is 0 Å². The largest absolute Gasteiger partial charge is 0.394 e. The monoisotopic (exact) mass is 896 g/mol.